The molecule has 2 rings (SSSR count). The molecule has 0 aromatic heterocycles. The Morgan fingerprint density at radius 1 is 1.21 bits per heavy atom. The minimum atomic E-state index is -3.44. The number of nitrogens with zero attached hydrogens (tertiary/aromatic N) is 2. The molecule has 1 fully saturated rings. The monoisotopic (exact) mass is 283 g/mol. The molecule has 0 radical (unpaired) electrons. The molecule has 0 bridgehead atoms. The Morgan fingerprint density at radius 3 is 2.47 bits per heavy atom. The van der Waals surface area contributed by atoms with Gasteiger partial charge < -0.3 is 5.73 Å². The van der Waals surface area contributed by atoms with Crippen LogP contribution in [0.25, 0.3) is 0 Å². The molecule has 2 N–H and O–H groups in total. The van der Waals surface area contributed by atoms with E-state index in [1.54, 1.807) is 17.4 Å². The molecule has 0 amide bonds. The summed E-state index contributed by atoms with van der Waals surface area (Å²) in [6, 6.07) is 7.35. The van der Waals surface area contributed by atoms with Gasteiger partial charge in [-0.25, -0.2) is 0 Å². The average Bonchev–Trinajstić information content (AvgIpc) is 2.47. The first-order valence-corrected chi connectivity index (χ1v) is 7.99. The van der Waals surface area contributed by atoms with Gasteiger partial charge in [-0.15, -0.1) is 0 Å². The third-order valence-electron chi connectivity index (χ3n) is 3.54. The Labute approximate surface area is 115 Å². The van der Waals surface area contributed by atoms with Gasteiger partial charge in [0.25, 0.3) is 0 Å². The van der Waals surface area contributed by atoms with Crippen LogP contribution >= 0.6 is 0 Å². The van der Waals surface area contributed by atoms with Gasteiger partial charge in [-0.1, -0.05) is 24.6 Å². The topological polar surface area (TPSA) is 66.6 Å². The second-order valence-corrected chi connectivity index (χ2v) is 6.73. The quantitative estimate of drug-likeness (QED) is 0.906. The molecule has 0 saturated carbocycles. The summed E-state index contributed by atoms with van der Waals surface area (Å²) in [4.78, 5) is 0. The fraction of sp³-hybridized carbons (Fsp3) is 0.538. The number of nitrogens with two attached hydrogens (primary N) is 1. The summed E-state index contributed by atoms with van der Waals surface area (Å²) in [7, 11) is -1.84. The Hall–Kier alpha value is -1.11. The van der Waals surface area contributed by atoms with Crippen molar-refractivity contribution in [2.45, 2.75) is 25.8 Å². The fourth-order valence-corrected chi connectivity index (χ4v) is 3.88. The highest BCUT2D eigenvalue weighted by atomic mass is 32.2. The predicted molar refractivity (Wildman–Crippen MR) is 77.1 cm³/mol. The minimum absolute atomic E-state index is 0.329. The van der Waals surface area contributed by atoms with Crippen LogP contribution in [0.15, 0.2) is 24.3 Å². The van der Waals surface area contributed by atoms with Gasteiger partial charge >= 0.3 is 10.2 Å². The number of piperidine rings is 1. The van der Waals surface area contributed by atoms with Gasteiger partial charge in [0, 0.05) is 26.7 Å². The first kappa shape index (κ1) is 14.3. The van der Waals surface area contributed by atoms with Crippen molar-refractivity contribution in [2.75, 3.05) is 24.4 Å². The van der Waals surface area contributed by atoms with Crippen molar-refractivity contribution in [1.82, 2.24) is 4.31 Å². The summed E-state index contributed by atoms with van der Waals surface area (Å²) in [5.74, 6) is 0. The van der Waals surface area contributed by atoms with E-state index in [1.165, 1.54) is 4.31 Å². The fourth-order valence-electron chi connectivity index (χ4n) is 2.38. The van der Waals surface area contributed by atoms with Crippen molar-refractivity contribution in [3.05, 3.63) is 29.8 Å². The molecule has 1 saturated heterocycles. The van der Waals surface area contributed by atoms with Crippen LogP contribution in [0, 0.1) is 0 Å². The summed E-state index contributed by atoms with van der Waals surface area (Å²) < 4.78 is 28.0. The Bertz CT molecular complexity index is 524. The van der Waals surface area contributed by atoms with Crippen LogP contribution in [0.4, 0.5) is 5.69 Å². The lowest BCUT2D eigenvalue weighted by Gasteiger charge is -2.31. The molecule has 1 aromatic rings. The SMILES string of the molecule is CN(c1ccccc1CN)S(=O)(=O)N1CCCCC1. The molecule has 0 aliphatic carbocycles. The molecule has 0 spiro atoms. The Morgan fingerprint density at radius 2 is 1.84 bits per heavy atom. The van der Waals surface area contributed by atoms with E-state index < -0.39 is 10.2 Å². The highest BCUT2D eigenvalue weighted by Gasteiger charge is 2.29. The molecule has 1 aromatic carbocycles. The van der Waals surface area contributed by atoms with E-state index >= 15 is 0 Å². The van der Waals surface area contributed by atoms with Crippen LogP contribution in [0.5, 0.6) is 0 Å². The average molecular weight is 283 g/mol. The van der Waals surface area contributed by atoms with Gasteiger partial charge in [-0.05, 0) is 24.5 Å². The van der Waals surface area contributed by atoms with Gasteiger partial charge in [0.05, 0.1) is 5.69 Å². The van der Waals surface area contributed by atoms with Crippen molar-refractivity contribution in [3.8, 4) is 0 Å². The Balaban J connectivity index is 2.29. The number of rotatable bonds is 4. The van der Waals surface area contributed by atoms with Gasteiger partial charge in [-0.2, -0.15) is 12.7 Å². The van der Waals surface area contributed by atoms with Crippen LogP contribution in [-0.2, 0) is 16.8 Å². The van der Waals surface area contributed by atoms with Crippen molar-refractivity contribution >= 4 is 15.9 Å². The van der Waals surface area contributed by atoms with Crippen LogP contribution in [0.3, 0.4) is 0 Å². The second kappa shape index (κ2) is 5.90. The summed E-state index contributed by atoms with van der Waals surface area (Å²) in [6.07, 6.45) is 2.98. The van der Waals surface area contributed by atoms with Gasteiger partial charge in [-0.3, -0.25) is 4.31 Å². The highest BCUT2D eigenvalue weighted by Crippen LogP contribution is 2.24. The molecule has 1 aliphatic heterocycles. The molecular weight excluding hydrogens is 262 g/mol. The zero-order valence-corrected chi connectivity index (χ0v) is 12.1. The zero-order chi connectivity index (χ0) is 13.9. The first-order valence-electron chi connectivity index (χ1n) is 6.59. The summed E-state index contributed by atoms with van der Waals surface area (Å²) >= 11 is 0. The largest absolute Gasteiger partial charge is 0.326 e. The van der Waals surface area contributed by atoms with Crippen molar-refractivity contribution in [2.24, 2.45) is 5.73 Å². The van der Waals surface area contributed by atoms with Gasteiger partial charge in [0.15, 0.2) is 0 Å². The van der Waals surface area contributed by atoms with E-state index in [2.05, 4.69) is 0 Å². The normalized spacial score (nSPS) is 17.4. The Kier molecular flexibility index (Phi) is 4.44. The van der Waals surface area contributed by atoms with Crippen LogP contribution < -0.4 is 10.0 Å². The molecular formula is C13H21N3O2S. The number of benzene rings is 1. The number of para-hydroxylation sites is 1. The maximum atomic E-state index is 12.6. The van der Waals surface area contributed by atoms with Gasteiger partial charge in [0.2, 0.25) is 0 Å². The highest BCUT2D eigenvalue weighted by molar-refractivity contribution is 7.90. The molecule has 106 valence electrons. The van der Waals surface area contributed by atoms with E-state index in [-0.39, 0.29) is 0 Å². The molecule has 0 atom stereocenters. The summed E-state index contributed by atoms with van der Waals surface area (Å²) in [5, 5.41) is 0. The van der Waals surface area contributed by atoms with Crippen LogP contribution in [0.1, 0.15) is 24.8 Å². The summed E-state index contributed by atoms with van der Waals surface area (Å²) in [6.45, 7) is 1.55. The molecule has 5 nitrogen and oxygen atoms in total. The molecule has 1 heterocycles. The van der Waals surface area contributed by atoms with E-state index in [4.69, 9.17) is 5.73 Å². The zero-order valence-electron chi connectivity index (χ0n) is 11.2. The van der Waals surface area contributed by atoms with Crippen molar-refractivity contribution in [3.63, 3.8) is 0 Å². The van der Waals surface area contributed by atoms with E-state index in [9.17, 15) is 8.42 Å². The third kappa shape index (κ3) is 2.91. The van der Waals surface area contributed by atoms with E-state index in [0.29, 0.717) is 25.3 Å². The van der Waals surface area contributed by atoms with Crippen LogP contribution in [0.2, 0.25) is 0 Å². The second-order valence-electron chi connectivity index (χ2n) is 4.77. The van der Waals surface area contributed by atoms with Crippen LogP contribution in [-0.4, -0.2) is 32.9 Å². The lowest BCUT2D eigenvalue weighted by Crippen LogP contribution is -2.44. The molecule has 1 aliphatic rings. The molecule has 6 heteroatoms. The third-order valence-corrected chi connectivity index (χ3v) is 5.44. The van der Waals surface area contributed by atoms with Crippen molar-refractivity contribution in [1.29, 1.82) is 0 Å². The standard InChI is InChI=1S/C13H21N3O2S/c1-15(13-8-4-3-7-12(13)11-14)19(17,18)16-9-5-2-6-10-16/h3-4,7-8H,2,5-6,9-11,14H2,1H3. The van der Waals surface area contributed by atoms with Gasteiger partial charge in [0.1, 0.15) is 0 Å². The molecule has 19 heavy (non-hydrogen) atoms. The lowest BCUT2D eigenvalue weighted by molar-refractivity contribution is 0.346. The number of hydrogen-bond donors (Lipinski definition) is 1. The maximum Gasteiger partial charge on any atom is 0.303 e. The number of anilines is 1. The van der Waals surface area contributed by atoms with E-state index in [0.717, 1.165) is 24.8 Å². The predicted octanol–water partition coefficient (Wildman–Crippen LogP) is 1.31. The summed E-state index contributed by atoms with van der Waals surface area (Å²) in [5.41, 5.74) is 7.18. The first-order chi connectivity index (χ1) is 9.07. The van der Waals surface area contributed by atoms with Crippen molar-refractivity contribution < 1.29 is 8.42 Å². The number of hydrogen-bond acceptors (Lipinski definition) is 3. The van der Waals surface area contributed by atoms with E-state index in [1.807, 2.05) is 18.2 Å². The minimum Gasteiger partial charge on any atom is -0.326 e. The maximum absolute atomic E-state index is 12.6. The lowest BCUT2D eigenvalue weighted by atomic mass is 10.2. The smallest absolute Gasteiger partial charge is 0.303 e. The molecule has 0 unspecified atom stereocenters.